The molecule has 3 rings (SSSR count). The van der Waals surface area contributed by atoms with Gasteiger partial charge in [-0.15, -0.1) is 0 Å². The quantitative estimate of drug-likeness (QED) is 0.517. The molecule has 0 atom stereocenters. The second-order valence-corrected chi connectivity index (χ2v) is 5.85. The predicted molar refractivity (Wildman–Crippen MR) is 92.3 cm³/mol. The number of ether oxygens (including phenoxy) is 1. The van der Waals surface area contributed by atoms with E-state index >= 15 is 0 Å². The Morgan fingerprint density at radius 2 is 1.70 bits per heavy atom. The monoisotopic (exact) mass is 311 g/mol. The number of esters is 1. The number of nitrogen functional groups attached to an aromatic ring is 2. The number of nitrogens with two attached hydrogens (primary N) is 2. The minimum absolute atomic E-state index is 0.0681. The van der Waals surface area contributed by atoms with Crippen molar-refractivity contribution in [1.82, 2.24) is 0 Å². The summed E-state index contributed by atoms with van der Waals surface area (Å²) in [5.74, 6) is 0.269. The molecule has 0 saturated carbocycles. The number of anilines is 3. The van der Waals surface area contributed by atoms with E-state index in [1.807, 2.05) is 24.3 Å². The molecule has 1 fully saturated rings. The van der Waals surface area contributed by atoms with Crippen molar-refractivity contribution >= 4 is 23.0 Å². The number of carbonyl (C=O) groups is 1. The van der Waals surface area contributed by atoms with E-state index in [2.05, 4.69) is 4.90 Å². The van der Waals surface area contributed by atoms with Crippen LogP contribution in [0.5, 0.6) is 5.75 Å². The van der Waals surface area contributed by atoms with Gasteiger partial charge in [-0.3, -0.25) is 4.79 Å². The van der Waals surface area contributed by atoms with E-state index in [1.54, 1.807) is 24.3 Å². The lowest BCUT2D eigenvalue weighted by molar-refractivity contribution is -0.139. The fraction of sp³-hybridized carbons (Fsp3) is 0.278. The highest BCUT2D eigenvalue weighted by molar-refractivity contribution is 5.76. The number of carbonyl (C=O) groups excluding carboxylic acids is 1. The summed E-state index contributed by atoms with van der Waals surface area (Å²) < 4.78 is 5.44. The maximum Gasteiger partial charge on any atom is 0.314 e. The van der Waals surface area contributed by atoms with Gasteiger partial charge in [0, 0.05) is 36.2 Å². The standard InChI is InChI=1S/C18H21N3O2/c19-14-4-6-16(7-5-14)21-10-8-13(9-11-21)18(22)23-17-3-1-2-15(20)12-17/h1-7,12-13H,8-11,19-20H2. The first kappa shape index (κ1) is 15.2. The molecule has 2 aromatic carbocycles. The second kappa shape index (κ2) is 6.60. The number of piperidine rings is 1. The summed E-state index contributed by atoms with van der Waals surface area (Å²) in [4.78, 5) is 14.5. The zero-order valence-electron chi connectivity index (χ0n) is 12.9. The Bertz CT molecular complexity index is 677. The van der Waals surface area contributed by atoms with Gasteiger partial charge in [-0.1, -0.05) is 6.07 Å². The van der Waals surface area contributed by atoms with Crippen molar-refractivity contribution in [2.45, 2.75) is 12.8 Å². The molecule has 23 heavy (non-hydrogen) atoms. The highest BCUT2D eigenvalue weighted by atomic mass is 16.5. The minimum Gasteiger partial charge on any atom is -0.426 e. The van der Waals surface area contributed by atoms with Crippen LogP contribution in [-0.2, 0) is 4.79 Å². The third kappa shape index (κ3) is 3.74. The molecule has 0 aromatic heterocycles. The fourth-order valence-electron chi connectivity index (χ4n) is 2.84. The lowest BCUT2D eigenvalue weighted by atomic mass is 9.96. The Balaban J connectivity index is 1.56. The van der Waals surface area contributed by atoms with Gasteiger partial charge in [0.25, 0.3) is 0 Å². The van der Waals surface area contributed by atoms with E-state index in [1.165, 1.54) is 0 Å². The van der Waals surface area contributed by atoms with Crippen molar-refractivity contribution in [2.24, 2.45) is 5.92 Å². The van der Waals surface area contributed by atoms with Gasteiger partial charge in [-0.25, -0.2) is 0 Å². The molecular formula is C18H21N3O2. The molecule has 0 bridgehead atoms. The van der Waals surface area contributed by atoms with Crippen molar-refractivity contribution in [3.8, 4) is 5.75 Å². The Kier molecular flexibility index (Phi) is 4.37. The van der Waals surface area contributed by atoms with Gasteiger partial charge in [-0.2, -0.15) is 0 Å². The van der Waals surface area contributed by atoms with Crippen molar-refractivity contribution < 1.29 is 9.53 Å². The second-order valence-electron chi connectivity index (χ2n) is 5.85. The van der Waals surface area contributed by atoms with Crippen LogP contribution >= 0.6 is 0 Å². The first-order valence-corrected chi connectivity index (χ1v) is 7.79. The van der Waals surface area contributed by atoms with Gasteiger partial charge >= 0.3 is 5.97 Å². The Hall–Kier alpha value is -2.69. The molecule has 5 nitrogen and oxygen atoms in total. The van der Waals surface area contributed by atoms with Crippen molar-refractivity contribution in [3.63, 3.8) is 0 Å². The van der Waals surface area contributed by atoms with Gasteiger partial charge < -0.3 is 21.1 Å². The summed E-state index contributed by atoms with van der Waals surface area (Å²) in [5, 5.41) is 0. The van der Waals surface area contributed by atoms with Gasteiger partial charge in [-0.05, 0) is 49.2 Å². The number of hydrogen-bond acceptors (Lipinski definition) is 5. The van der Waals surface area contributed by atoms with Crippen LogP contribution in [0.25, 0.3) is 0 Å². The average molecular weight is 311 g/mol. The third-order valence-electron chi connectivity index (χ3n) is 4.16. The molecule has 0 amide bonds. The number of benzene rings is 2. The van der Waals surface area contributed by atoms with Crippen molar-refractivity contribution in [1.29, 1.82) is 0 Å². The van der Waals surface area contributed by atoms with Crippen molar-refractivity contribution in [3.05, 3.63) is 48.5 Å². The van der Waals surface area contributed by atoms with Gasteiger partial charge in [0.1, 0.15) is 5.75 Å². The lowest BCUT2D eigenvalue weighted by Gasteiger charge is -2.32. The van der Waals surface area contributed by atoms with Crippen LogP contribution in [0.4, 0.5) is 17.1 Å². The highest BCUT2D eigenvalue weighted by Crippen LogP contribution is 2.25. The molecular weight excluding hydrogens is 290 g/mol. The van der Waals surface area contributed by atoms with Crippen LogP contribution in [0.2, 0.25) is 0 Å². The van der Waals surface area contributed by atoms with E-state index in [0.717, 1.165) is 37.3 Å². The summed E-state index contributed by atoms with van der Waals surface area (Å²) >= 11 is 0. The third-order valence-corrected chi connectivity index (χ3v) is 4.16. The van der Waals surface area contributed by atoms with Crippen LogP contribution in [0, 0.1) is 5.92 Å². The van der Waals surface area contributed by atoms with Crippen LogP contribution in [0.1, 0.15) is 12.8 Å². The van der Waals surface area contributed by atoms with E-state index < -0.39 is 0 Å². The Morgan fingerprint density at radius 1 is 1.00 bits per heavy atom. The first-order chi connectivity index (χ1) is 11.1. The number of nitrogens with zero attached hydrogens (tertiary/aromatic N) is 1. The lowest BCUT2D eigenvalue weighted by Crippen LogP contribution is -2.37. The molecule has 0 radical (unpaired) electrons. The maximum absolute atomic E-state index is 12.3. The Labute approximate surface area is 135 Å². The van der Waals surface area contributed by atoms with Gasteiger partial charge in [0.05, 0.1) is 5.92 Å². The molecule has 5 heteroatoms. The van der Waals surface area contributed by atoms with Gasteiger partial charge in [0.15, 0.2) is 0 Å². The molecule has 4 N–H and O–H groups in total. The highest BCUT2D eigenvalue weighted by Gasteiger charge is 2.26. The molecule has 1 saturated heterocycles. The molecule has 120 valence electrons. The topological polar surface area (TPSA) is 81.6 Å². The maximum atomic E-state index is 12.3. The van der Waals surface area contributed by atoms with E-state index in [4.69, 9.17) is 16.2 Å². The molecule has 1 aliphatic rings. The van der Waals surface area contributed by atoms with Crippen LogP contribution in [0.15, 0.2) is 48.5 Å². The van der Waals surface area contributed by atoms with Crippen LogP contribution < -0.4 is 21.1 Å². The molecule has 1 heterocycles. The minimum atomic E-state index is -0.174. The zero-order chi connectivity index (χ0) is 16.2. The molecule has 2 aromatic rings. The van der Waals surface area contributed by atoms with Crippen LogP contribution in [0.3, 0.4) is 0 Å². The smallest absolute Gasteiger partial charge is 0.314 e. The van der Waals surface area contributed by atoms with Crippen LogP contribution in [-0.4, -0.2) is 19.1 Å². The van der Waals surface area contributed by atoms with Crippen molar-refractivity contribution in [2.75, 3.05) is 29.5 Å². The Morgan fingerprint density at radius 3 is 2.35 bits per heavy atom. The summed E-state index contributed by atoms with van der Waals surface area (Å²) in [5.41, 5.74) is 13.9. The number of hydrogen-bond donors (Lipinski definition) is 2. The van der Waals surface area contributed by atoms with E-state index in [-0.39, 0.29) is 11.9 Å². The van der Waals surface area contributed by atoms with E-state index in [9.17, 15) is 4.79 Å². The van der Waals surface area contributed by atoms with E-state index in [0.29, 0.717) is 11.4 Å². The molecule has 0 unspecified atom stereocenters. The van der Waals surface area contributed by atoms with Gasteiger partial charge in [0.2, 0.25) is 0 Å². The molecule has 1 aliphatic heterocycles. The summed E-state index contributed by atoms with van der Waals surface area (Å²) in [6.45, 7) is 1.67. The fourth-order valence-corrected chi connectivity index (χ4v) is 2.84. The summed E-state index contributed by atoms with van der Waals surface area (Å²) in [6, 6.07) is 14.8. The predicted octanol–water partition coefficient (Wildman–Crippen LogP) is 2.67. The first-order valence-electron chi connectivity index (χ1n) is 7.79. The summed E-state index contributed by atoms with van der Waals surface area (Å²) in [7, 11) is 0. The number of rotatable bonds is 3. The molecule has 0 aliphatic carbocycles. The molecule has 0 spiro atoms. The SMILES string of the molecule is Nc1ccc(N2CCC(C(=O)Oc3cccc(N)c3)CC2)cc1. The average Bonchev–Trinajstić information content (AvgIpc) is 2.56. The largest absolute Gasteiger partial charge is 0.426 e. The summed E-state index contributed by atoms with van der Waals surface area (Å²) in [6.07, 6.45) is 1.57. The zero-order valence-corrected chi connectivity index (χ0v) is 12.9. The normalized spacial score (nSPS) is 15.4.